The van der Waals surface area contributed by atoms with Gasteiger partial charge in [0.15, 0.2) is 5.78 Å². The van der Waals surface area contributed by atoms with Crippen molar-refractivity contribution in [2.24, 2.45) is 0 Å². The molecule has 0 aliphatic heterocycles. The van der Waals surface area contributed by atoms with Crippen molar-refractivity contribution in [1.82, 2.24) is 4.90 Å². The smallest absolute Gasteiger partial charge is 0.225 e. The van der Waals surface area contributed by atoms with Crippen LogP contribution in [0.3, 0.4) is 0 Å². The Balaban J connectivity index is 0.00000306. The number of amides is 1. The summed E-state index contributed by atoms with van der Waals surface area (Å²) in [5, 5.41) is 24.9. The number of benzene rings is 3. The van der Waals surface area contributed by atoms with E-state index in [9.17, 15) is 24.6 Å². The number of aromatic hydroxyl groups is 2. The number of halogens is 1. The zero-order valence-electron chi connectivity index (χ0n) is 18.3. The molecule has 3 aromatic rings. The number of nitrogens with zero attached hydrogens (tertiary/aromatic N) is 1. The van der Waals surface area contributed by atoms with E-state index in [1.807, 2.05) is 13.8 Å². The number of anilines is 1. The van der Waals surface area contributed by atoms with Gasteiger partial charge in [-0.1, -0.05) is 50.2 Å². The van der Waals surface area contributed by atoms with E-state index in [2.05, 4.69) is 10.2 Å². The molecule has 0 unspecified atom stereocenters. The van der Waals surface area contributed by atoms with Gasteiger partial charge in [-0.2, -0.15) is 0 Å². The summed E-state index contributed by atoms with van der Waals surface area (Å²) in [6, 6.07) is 11.1. The summed E-state index contributed by atoms with van der Waals surface area (Å²) in [6.07, 6.45) is 0.237. The van der Waals surface area contributed by atoms with Crippen LogP contribution < -0.4 is 5.32 Å². The third-order valence-corrected chi connectivity index (χ3v) is 5.97. The Hall–Kier alpha value is -3.42. The minimum atomic E-state index is -0.618. The van der Waals surface area contributed by atoms with Crippen molar-refractivity contribution in [2.45, 2.75) is 20.3 Å². The van der Waals surface area contributed by atoms with E-state index in [1.165, 1.54) is 6.07 Å². The molecular formula is C25H25ClN2O5. The van der Waals surface area contributed by atoms with Crippen LogP contribution >= 0.6 is 12.4 Å². The highest BCUT2D eigenvalue weighted by molar-refractivity contribution is 6.34. The SMILES string of the molecule is CCN(CC)CCC(=O)Nc1cccc2c1C(=O)c1c(c(O)c3ccccc3c1O)C2=O.Cl. The molecule has 3 aromatic carbocycles. The van der Waals surface area contributed by atoms with Crippen molar-refractivity contribution in [3.63, 3.8) is 0 Å². The minimum absolute atomic E-state index is 0. The maximum atomic E-state index is 13.4. The Morgan fingerprint density at radius 2 is 1.42 bits per heavy atom. The van der Waals surface area contributed by atoms with Crippen molar-refractivity contribution in [3.05, 3.63) is 64.7 Å². The lowest BCUT2D eigenvalue weighted by Gasteiger charge is -2.23. The number of phenols is 2. The van der Waals surface area contributed by atoms with E-state index >= 15 is 0 Å². The normalized spacial score (nSPS) is 12.3. The largest absolute Gasteiger partial charge is 0.506 e. The summed E-state index contributed by atoms with van der Waals surface area (Å²) >= 11 is 0. The number of carbonyl (C=O) groups is 3. The average Bonchev–Trinajstić information content (AvgIpc) is 2.80. The number of hydrogen-bond donors (Lipinski definition) is 3. The van der Waals surface area contributed by atoms with E-state index in [-0.39, 0.29) is 74.9 Å². The van der Waals surface area contributed by atoms with Crippen molar-refractivity contribution in [3.8, 4) is 11.5 Å². The monoisotopic (exact) mass is 468 g/mol. The molecule has 0 aromatic heterocycles. The topological polar surface area (TPSA) is 107 Å². The standard InChI is InChI=1S/C25H24N2O5.ClH/c1-3-27(4-2)13-12-18(28)26-17-11-7-10-16-19(17)25(32)21-20(24(16)31)22(29)14-8-5-6-9-15(14)23(21)30;/h5-11,29-30H,3-4,12-13H2,1-2H3,(H,26,28);1H. The van der Waals surface area contributed by atoms with E-state index in [0.717, 1.165) is 13.1 Å². The Labute approximate surface area is 197 Å². The lowest BCUT2D eigenvalue weighted by atomic mass is 9.80. The first-order valence-electron chi connectivity index (χ1n) is 10.6. The van der Waals surface area contributed by atoms with Crippen LogP contribution in [-0.2, 0) is 4.79 Å². The van der Waals surface area contributed by atoms with Gasteiger partial charge in [0, 0.05) is 29.3 Å². The van der Waals surface area contributed by atoms with E-state index < -0.39 is 11.6 Å². The van der Waals surface area contributed by atoms with Crippen molar-refractivity contribution >= 4 is 46.3 Å². The Bertz CT molecular complexity index is 1270. The van der Waals surface area contributed by atoms with Gasteiger partial charge in [-0.05, 0) is 19.2 Å². The summed E-state index contributed by atoms with van der Waals surface area (Å²) < 4.78 is 0. The first-order chi connectivity index (χ1) is 15.4. The molecule has 0 heterocycles. The third kappa shape index (κ3) is 4.05. The molecule has 172 valence electrons. The molecule has 1 aliphatic rings. The van der Waals surface area contributed by atoms with Crippen LogP contribution in [0.5, 0.6) is 11.5 Å². The van der Waals surface area contributed by atoms with Gasteiger partial charge in [0.1, 0.15) is 11.5 Å². The predicted molar refractivity (Wildman–Crippen MR) is 129 cm³/mol. The number of hydrogen-bond acceptors (Lipinski definition) is 6. The number of phenolic OH excluding ortho intramolecular Hbond substituents is 2. The molecule has 1 amide bonds. The highest BCUT2D eigenvalue weighted by Gasteiger charge is 2.37. The summed E-state index contributed by atoms with van der Waals surface area (Å²) in [7, 11) is 0. The first kappa shape index (κ1) is 24.2. The number of carbonyl (C=O) groups excluding carboxylic acids is 3. The molecule has 7 nitrogen and oxygen atoms in total. The fraction of sp³-hybridized carbons (Fsp3) is 0.240. The molecule has 4 rings (SSSR count). The van der Waals surface area contributed by atoms with Gasteiger partial charge >= 0.3 is 0 Å². The number of nitrogens with one attached hydrogen (secondary N) is 1. The Morgan fingerprint density at radius 1 is 0.848 bits per heavy atom. The Kier molecular flexibility index (Phi) is 7.05. The summed E-state index contributed by atoms with van der Waals surface area (Å²) in [4.78, 5) is 41.4. The average molecular weight is 469 g/mol. The number of rotatable bonds is 6. The van der Waals surface area contributed by atoms with Gasteiger partial charge in [-0.25, -0.2) is 0 Å². The lowest BCUT2D eigenvalue weighted by molar-refractivity contribution is -0.116. The van der Waals surface area contributed by atoms with Gasteiger partial charge in [-0.3, -0.25) is 14.4 Å². The van der Waals surface area contributed by atoms with Crippen molar-refractivity contribution < 1.29 is 24.6 Å². The van der Waals surface area contributed by atoms with Crippen LogP contribution in [-0.4, -0.2) is 52.2 Å². The second kappa shape index (κ2) is 9.60. The van der Waals surface area contributed by atoms with Crippen LogP contribution in [0.15, 0.2) is 42.5 Å². The maximum Gasteiger partial charge on any atom is 0.225 e. The van der Waals surface area contributed by atoms with Crippen molar-refractivity contribution in [1.29, 1.82) is 0 Å². The second-order valence-electron chi connectivity index (χ2n) is 7.70. The third-order valence-electron chi connectivity index (χ3n) is 5.97. The van der Waals surface area contributed by atoms with Crippen molar-refractivity contribution in [2.75, 3.05) is 25.0 Å². The molecule has 0 bridgehead atoms. The van der Waals surface area contributed by atoms with Gasteiger partial charge in [0.05, 0.1) is 22.4 Å². The summed E-state index contributed by atoms with van der Waals surface area (Å²) in [6.45, 7) is 6.25. The molecular weight excluding hydrogens is 444 g/mol. The van der Waals surface area contributed by atoms with E-state index in [4.69, 9.17) is 0 Å². The quantitative estimate of drug-likeness (QED) is 0.367. The molecule has 0 radical (unpaired) electrons. The highest BCUT2D eigenvalue weighted by atomic mass is 35.5. The highest BCUT2D eigenvalue weighted by Crippen LogP contribution is 2.45. The molecule has 0 saturated heterocycles. The van der Waals surface area contributed by atoms with Gasteiger partial charge in [0.2, 0.25) is 11.7 Å². The second-order valence-corrected chi connectivity index (χ2v) is 7.70. The molecule has 0 fully saturated rings. The molecule has 1 aliphatic carbocycles. The van der Waals surface area contributed by atoms with Crippen LogP contribution in [0.1, 0.15) is 52.1 Å². The van der Waals surface area contributed by atoms with Gasteiger partial charge in [-0.15, -0.1) is 12.4 Å². The number of ketones is 2. The Morgan fingerprint density at radius 3 is 2.00 bits per heavy atom. The maximum absolute atomic E-state index is 13.4. The van der Waals surface area contributed by atoms with Crippen LogP contribution in [0.2, 0.25) is 0 Å². The molecule has 0 atom stereocenters. The molecule has 33 heavy (non-hydrogen) atoms. The van der Waals surface area contributed by atoms with Crippen LogP contribution in [0.25, 0.3) is 10.8 Å². The zero-order chi connectivity index (χ0) is 23.0. The summed E-state index contributed by atoms with van der Waals surface area (Å²) in [5.74, 6) is -2.17. The summed E-state index contributed by atoms with van der Waals surface area (Å²) in [5.41, 5.74) is -0.157. The minimum Gasteiger partial charge on any atom is -0.506 e. The van der Waals surface area contributed by atoms with Crippen LogP contribution in [0, 0.1) is 0 Å². The fourth-order valence-corrected chi connectivity index (χ4v) is 4.21. The zero-order valence-corrected chi connectivity index (χ0v) is 19.2. The number of fused-ring (bicyclic) bond motifs is 3. The predicted octanol–water partition coefficient (Wildman–Crippen LogP) is 4.12. The molecule has 8 heteroatoms. The van der Waals surface area contributed by atoms with Gasteiger partial charge < -0.3 is 20.4 Å². The lowest BCUT2D eigenvalue weighted by Crippen LogP contribution is -2.28. The molecule has 0 spiro atoms. The molecule has 3 N–H and O–H groups in total. The first-order valence-corrected chi connectivity index (χ1v) is 10.6. The fourth-order valence-electron chi connectivity index (χ4n) is 4.21. The van der Waals surface area contributed by atoms with Gasteiger partial charge in [0.25, 0.3) is 0 Å². The molecule has 0 saturated carbocycles. The van der Waals surface area contributed by atoms with E-state index in [1.54, 1.807) is 36.4 Å². The van der Waals surface area contributed by atoms with Crippen LogP contribution in [0.4, 0.5) is 5.69 Å². The van der Waals surface area contributed by atoms with E-state index in [0.29, 0.717) is 6.54 Å².